The minimum absolute atomic E-state index is 0.0419. The molecule has 1 atom stereocenters. The van der Waals surface area contributed by atoms with Gasteiger partial charge in [0.15, 0.2) is 0 Å². The SMILES string of the molecule is CCC1(Cc2cc(F)cc(F)c2)CCCN1. The molecule has 3 heteroatoms. The number of nitrogens with one attached hydrogen (secondary N) is 1. The maximum absolute atomic E-state index is 13.1. The Kier molecular flexibility index (Phi) is 3.24. The molecule has 0 aromatic heterocycles. The van der Waals surface area contributed by atoms with Gasteiger partial charge in [0.25, 0.3) is 0 Å². The van der Waals surface area contributed by atoms with Crippen molar-refractivity contribution in [1.29, 1.82) is 0 Å². The van der Waals surface area contributed by atoms with Gasteiger partial charge in [0.1, 0.15) is 11.6 Å². The Labute approximate surface area is 94.9 Å². The number of halogens is 2. The predicted octanol–water partition coefficient (Wildman–Crippen LogP) is 3.04. The molecule has 1 fully saturated rings. The smallest absolute Gasteiger partial charge is 0.126 e. The van der Waals surface area contributed by atoms with E-state index in [1.165, 1.54) is 12.1 Å². The molecular weight excluding hydrogens is 208 g/mol. The van der Waals surface area contributed by atoms with Crippen LogP contribution in [0.15, 0.2) is 18.2 Å². The second-order valence-corrected chi connectivity index (χ2v) is 4.62. The highest BCUT2D eigenvalue weighted by Crippen LogP contribution is 2.27. The van der Waals surface area contributed by atoms with Crippen LogP contribution in [0, 0.1) is 11.6 Å². The Hall–Kier alpha value is -0.960. The fourth-order valence-corrected chi connectivity index (χ4v) is 2.55. The van der Waals surface area contributed by atoms with Gasteiger partial charge in [-0.05, 0) is 49.9 Å². The molecule has 0 saturated carbocycles. The van der Waals surface area contributed by atoms with Crippen LogP contribution >= 0.6 is 0 Å². The van der Waals surface area contributed by atoms with Gasteiger partial charge in [-0.3, -0.25) is 0 Å². The van der Waals surface area contributed by atoms with Crippen molar-refractivity contribution < 1.29 is 8.78 Å². The minimum atomic E-state index is -0.487. The normalized spacial score (nSPS) is 24.9. The Morgan fingerprint density at radius 2 is 1.94 bits per heavy atom. The largest absolute Gasteiger partial charge is 0.311 e. The molecule has 1 aromatic rings. The van der Waals surface area contributed by atoms with Crippen molar-refractivity contribution in [3.05, 3.63) is 35.4 Å². The zero-order chi connectivity index (χ0) is 11.6. The first kappa shape index (κ1) is 11.5. The highest BCUT2D eigenvalue weighted by molar-refractivity contribution is 5.21. The molecule has 0 radical (unpaired) electrons. The van der Waals surface area contributed by atoms with E-state index >= 15 is 0 Å². The van der Waals surface area contributed by atoms with E-state index in [4.69, 9.17) is 0 Å². The van der Waals surface area contributed by atoms with Gasteiger partial charge < -0.3 is 5.32 Å². The van der Waals surface area contributed by atoms with Crippen molar-refractivity contribution >= 4 is 0 Å². The first-order valence-corrected chi connectivity index (χ1v) is 5.83. The summed E-state index contributed by atoms with van der Waals surface area (Å²) in [6.45, 7) is 3.12. The highest BCUT2D eigenvalue weighted by Gasteiger charge is 2.31. The zero-order valence-electron chi connectivity index (χ0n) is 9.52. The number of benzene rings is 1. The molecule has 1 unspecified atom stereocenters. The molecule has 0 bridgehead atoms. The van der Waals surface area contributed by atoms with Gasteiger partial charge in [-0.15, -0.1) is 0 Å². The predicted molar refractivity (Wildman–Crippen MR) is 60.3 cm³/mol. The lowest BCUT2D eigenvalue weighted by Gasteiger charge is -2.28. The molecule has 2 rings (SSSR count). The summed E-state index contributed by atoms with van der Waals surface area (Å²) in [5, 5.41) is 3.46. The maximum Gasteiger partial charge on any atom is 0.126 e. The van der Waals surface area contributed by atoms with Crippen LogP contribution in [-0.2, 0) is 6.42 Å². The van der Waals surface area contributed by atoms with E-state index < -0.39 is 11.6 Å². The first-order chi connectivity index (χ1) is 7.63. The molecule has 1 aliphatic rings. The standard InChI is InChI=1S/C13H17F2N/c1-2-13(4-3-5-16-13)9-10-6-11(14)8-12(15)7-10/h6-8,16H,2-5,9H2,1H3. The fraction of sp³-hybridized carbons (Fsp3) is 0.538. The lowest BCUT2D eigenvalue weighted by molar-refractivity contribution is 0.359. The van der Waals surface area contributed by atoms with E-state index in [1.807, 2.05) is 0 Å². The molecule has 0 spiro atoms. The van der Waals surface area contributed by atoms with Gasteiger partial charge in [-0.25, -0.2) is 8.78 Å². The average molecular weight is 225 g/mol. The summed E-state index contributed by atoms with van der Waals surface area (Å²) in [7, 11) is 0. The second kappa shape index (κ2) is 4.50. The fourth-order valence-electron chi connectivity index (χ4n) is 2.55. The Bertz CT molecular complexity index is 350. The monoisotopic (exact) mass is 225 g/mol. The Morgan fingerprint density at radius 1 is 1.25 bits per heavy atom. The first-order valence-electron chi connectivity index (χ1n) is 5.83. The molecule has 1 N–H and O–H groups in total. The molecule has 1 aromatic carbocycles. The van der Waals surface area contributed by atoms with Crippen molar-refractivity contribution in [1.82, 2.24) is 5.32 Å². The molecule has 16 heavy (non-hydrogen) atoms. The van der Waals surface area contributed by atoms with E-state index in [0.29, 0.717) is 6.42 Å². The van der Waals surface area contributed by atoms with Crippen LogP contribution in [0.5, 0.6) is 0 Å². The second-order valence-electron chi connectivity index (χ2n) is 4.62. The number of hydrogen-bond acceptors (Lipinski definition) is 1. The van der Waals surface area contributed by atoms with Crippen LogP contribution in [0.3, 0.4) is 0 Å². The summed E-state index contributed by atoms with van der Waals surface area (Å²) in [5.74, 6) is -0.974. The molecule has 1 aliphatic heterocycles. The van der Waals surface area contributed by atoms with Crippen molar-refractivity contribution in [2.75, 3.05) is 6.54 Å². The summed E-state index contributed by atoms with van der Waals surface area (Å²) in [5.41, 5.74) is 0.786. The third-order valence-corrected chi connectivity index (χ3v) is 3.47. The minimum Gasteiger partial charge on any atom is -0.311 e. The number of hydrogen-bond donors (Lipinski definition) is 1. The summed E-state index contributed by atoms with van der Waals surface area (Å²) in [6, 6.07) is 3.78. The lowest BCUT2D eigenvalue weighted by Crippen LogP contribution is -2.41. The van der Waals surface area contributed by atoms with Crippen molar-refractivity contribution in [3.63, 3.8) is 0 Å². The molecule has 0 amide bonds. The van der Waals surface area contributed by atoms with E-state index in [2.05, 4.69) is 12.2 Å². The van der Waals surface area contributed by atoms with Gasteiger partial charge in [0.05, 0.1) is 0 Å². The maximum atomic E-state index is 13.1. The summed E-state index contributed by atoms with van der Waals surface area (Å²) >= 11 is 0. The van der Waals surface area contributed by atoms with Crippen molar-refractivity contribution in [2.45, 2.75) is 38.1 Å². The lowest BCUT2D eigenvalue weighted by atomic mass is 9.87. The van der Waals surface area contributed by atoms with Gasteiger partial charge >= 0.3 is 0 Å². The van der Waals surface area contributed by atoms with Crippen molar-refractivity contribution in [3.8, 4) is 0 Å². The number of rotatable bonds is 3. The van der Waals surface area contributed by atoms with Gasteiger partial charge in [-0.2, -0.15) is 0 Å². The van der Waals surface area contributed by atoms with E-state index in [0.717, 1.165) is 37.4 Å². The Morgan fingerprint density at radius 3 is 2.44 bits per heavy atom. The van der Waals surface area contributed by atoms with Crippen LogP contribution in [-0.4, -0.2) is 12.1 Å². The van der Waals surface area contributed by atoms with Crippen molar-refractivity contribution in [2.24, 2.45) is 0 Å². The quantitative estimate of drug-likeness (QED) is 0.833. The van der Waals surface area contributed by atoms with Crippen LogP contribution in [0.25, 0.3) is 0 Å². The summed E-state index contributed by atoms with van der Waals surface area (Å²) in [4.78, 5) is 0. The average Bonchev–Trinajstić information content (AvgIpc) is 2.65. The van der Waals surface area contributed by atoms with E-state index in [1.54, 1.807) is 0 Å². The molecule has 1 saturated heterocycles. The summed E-state index contributed by atoms with van der Waals surface area (Å²) < 4.78 is 26.1. The Balaban J connectivity index is 2.18. The third-order valence-electron chi connectivity index (χ3n) is 3.47. The van der Waals surface area contributed by atoms with E-state index in [-0.39, 0.29) is 5.54 Å². The molecule has 88 valence electrons. The third kappa shape index (κ3) is 2.40. The van der Waals surface area contributed by atoms with Crippen LogP contribution in [0.2, 0.25) is 0 Å². The topological polar surface area (TPSA) is 12.0 Å². The van der Waals surface area contributed by atoms with E-state index in [9.17, 15) is 8.78 Å². The zero-order valence-corrected chi connectivity index (χ0v) is 9.52. The molecule has 1 heterocycles. The van der Waals surface area contributed by atoms with Gasteiger partial charge in [0.2, 0.25) is 0 Å². The highest BCUT2D eigenvalue weighted by atomic mass is 19.1. The molecule has 0 aliphatic carbocycles. The van der Waals surface area contributed by atoms with Crippen LogP contribution < -0.4 is 5.32 Å². The molecule has 1 nitrogen and oxygen atoms in total. The van der Waals surface area contributed by atoms with Gasteiger partial charge in [-0.1, -0.05) is 6.92 Å². The molecular formula is C13H17F2N. The van der Waals surface area contributed by atoms with Gasteiger partial charge in [0, 0.05) is 11.6 Å². The van der Waals surface area contributed by atoms with Crippen LogP contribution in [0.4, 0.5) is 8.78 Å². The summed E-state index contributed by atoms with van der Waals surface area (Å²) in [6.07, 6.45) is 3.93. The van der Waals surface area contributed by atoms with Crippen LogP contribution in [0.1, 0.15) is 31.7 Å².